The lowest BCUT2D eigenvalue weighted by atomic mass is 10.0. The van der Waals surface area contributed by atoms with E-state index in [1.54, 1.807) is 19.2 Å². The number of rotatable bonds is 8. The van der Waals surface area contributed by atoms with E-state index in [1.165, 1.54) is 23.9 Å². The van der Waals surface area contributed by atoms with Gasteiger partial charge in [-0.25, -0.2) is 0 Å². The predicted molar refractivity (Wildman–Crippen MR) is 104 cm³/mol. The van der Waals surface area contributed by atoms with Gasteiger partial charge >= 0.3 is 0 Å². The molecule has 7 nitrogen and oxygen atoms in total. The van der Waals surface area contributed by atoms with Gasteiger partial charge in [-0.2, -0.15) is 0 Å². The summed E-state index contributed by atoms with van der Waals surface area (Å²) in [4.78, 5) is 37.6. The third kappa shape index (κ3) is 4.31. The Morgan fingerprint density at radius 1 is 1.29 bits per heavy atom. The van der Waals surface area contributed by atoms with E-state index >= 15 is 0 Å². The number of carbonyl (C=O) groups excluding carboxylic acids is 2. The molecule has 0 spiro atoms. The van der Waals surface area contributed by atoms with Crippen molar-refractivity contribution in [2.24, 2.45) is 11.8 Å². The Labute approximate surface area is 163 Å². The summed E-state index contributed by atoms with van der Waals surface area (Å²) in [5, 5.41) is 11.6. The fourth-order valence-electron chi connectivity index (χ4n) is 3.31. The van der Waals surface area contributed by atoms with E-state index in [4.69, 9.17) is 4.74 Å². The molecule has 1 aliphatic carbocycles. The summed E-state index contributed by atoms with van der Waals surface area (Å²) in [7, 11) is 3.00. The molecule has 1 fully saturated rings. The highest BCUT2D eigenvalue weighted by atomic mass is 16.5. The van der Waals surface area contributed by atoms with Crippen LogP contribution in [-0.2, 0) is 6.54 Å². The lowest BCUT2D eigenvalue weighted by molar-refractivity contribution is 0.0961. The van der Waals surface area contributed by atoms with E-state index in [2.05, 4.69) is 5.32 Å². The number of amides is 1. The summed E-state index contributed by atoms with van der Waals surface area (Å²) in [5.41, 5.74) is 0.616. The van der Waals surface area contributed by atoms with Gasteiger partial charge < -0.3 is 19.7 Å². The van der Waals surface area contributed by atoms with E-state index < -0.39 is 11.5 Å². The Kier molecular flexibility index (Phi) is 5.94. The van der Waals surface area contributed by atoms with Crippen LogP contribution in [0.1, 0.15) is 39.1 Å². The van der Waals surface area contributed by atoms with Crippen LogP contribution >= 0.6 is 0 Å². The van der Waals surface area contributed by atoms with Crippen molar-refractivity contribution >= 4 is 11.7 Å². The zero-order chi connectivity index (χ0) is 20.3. The van der Waals surface area contributed by atoms with E-state index in [9.17, 15) is 19.5 Å². The number of benzene rings is 1. The van der Waals surface area contributed by atoms with Crippen LogP contribution in [0.2, 0.25) is 0 Å². The molecule has 1 heterocycles. The predicted octanol–water partition coefficient (Wildman–Crippen LogP) is 1.47. The fraction of sp³-hybridized carbons (Fsp3) is 0.381. The highest BCUT2D eigenvalue weighted by molar-refractivity contribution is 6.00. The molecule has 0 radical (unpaired) electrons. The number of nitrogens with zero attached hydrogens (tertiary/aromatic N) is 1. The molecule has 1 saturated carbocycles. The summed E-state index contributed by atoms with van der Waals surface area (Å²) >= 11 is 0. The zero-order valence-corrected chi connectivity index (χ0v) is 16.0. The molecule has 1 amide bonds. The highest BCUT2D eigenvalue weighted by Gasteiger charge is 2.38. The van der Waals surface area contributed by atoms with Gasteiger partial charge in [0.2, 0.25) is 0 Å². The molecule has 2 atom stereocenters. The lowest BCUT2D eigenvalue weighted by Gasteiger charge is -2.12. The van der Waals surface area contributed by atoms with Crippen LogP contribution in [0, 0.1) is 11.8 Å². The molecule has 0 unspecified atom stereocenters. The average molecular weight is 384 g/mol. The number of hydrogen-bond acceptors (Lipinski definition) is 5. The molecule has 28 heavy (non-hydrogen) atoms. The first-order valence-corrected chi connectivity index (χ1v) is 9.20. The van der Waals surface area contributed by atoms with Crippen LogP contribution in [0.25, 0.3) is 0 Å². The van der Waals surface area contributed by atoms with Gasteiger partial charge in [0, 0.05) is 31.8 Å². The van der Waals surface area contributed by atoms with Gasteiger partial charge in [0.05, 0.1) is 13.7 Å². The molecule has 1 aliphatic rings. The van der Waals surface area contributed by atoms with Gasteiger partial charge in [0.15, 0.2) is 5.78 Å². The molecule has 0 saturated heterocycles. The minimum absolute atomic E-state index is 0.0641. The van der Waals surface area contributed by atoms with Crippen LogP contribution in [0.4, 0.5) is 0 Å². The quantitative estimate of drug-likeness (QED) is 0.672. The van der Waals surface area contributed by atoms with Crippen LogP contribution in [-0.4, -0.2) is 42.1 Å². The first-order chi connectivity index (χ1) is 13.5. The summed E-state index contributed by atoms with van der Waals surface area (Å²) < 4.78 is 6.59. The number of methoxy groups -OCH3 is 1. The molecule has 0 bridgehead atoms. The standard InChI is InChI=1S/C21H24N2O5/c1-22-20(26)18-8-15(19(25)9-14-7-16(14)12-24)11-23(21(18)27)10-13-4-3-5-17(6-13)28-2/h3-6,8,11,14,16,24H,7,9-10,12H2,1-2H3,(H,22,26)/t14-,16-/m0/s1. The summed E-state index contributed by atoms with van der Waals surface area (Å²) in [6, 6.07) is 8.63. The minimum Gasteiger partial charge on any atom is -0.497 e. The Hall–Kier alpha value is -2.93. The van der Waals surface area contributed by atoms with E-state index in [1.807, 2.05) is 12.1 Å². The van der Waals surface area contributed by atoms with Crippen LogP contribution in [0.5, 0.6) is 5.75 Å². The third-order valence-electron chi connectivity index (χ3n) is 5.12. The van der Waals surface area contributed by atoms with Crippen molar-refractivity contribution in [2.45, 2.75) is 19.4 Å². The first kappa shape index (κ1) is 19.8. The Morgan fingerprint density at radius 2 is 2.07 bits per heavy atom. The molecule has 2 N–H and O–H groups in total. The van der Waals surface area contributed by atoms with E-state index in [-0.39, 0.29) is 36.3 Å². The van der Waals surface area contributed by atoms with Crippen molar-refractivity contribution in [2.75, 3.05) is 20.8 Å². The number of pyridine rings is 1. The Balaban J connectivity index is 1.94. The monoisotopic (exact) mass is 384 g/mol. The van der Waals surface area contributed by atoms with Crippen LogP contribution in [0.15, 0.2) is 41.3 Å². The fourth-order valence-corrected chi connectivity index (χ4v) is 3.31. The third-order valence-corrected chi connectivity index (χ3v) is 5.12. The average Bonchev–Trinajstić information content (AvgIpc) is 3.47. The van der Waals surface area contributed by atoms with Crippen LogP contribution in [0.3, 0.4) is 0 Å². The van der Waals surface area contributed by atoms with Gasteiger partial charge in [-0.1, -0.05) is 12.1 Å². The van der Waals surface area contributed by atoms with Crippen molar-refractivity contribution in [1.29, 1.82) is 0 Å². The van der Waals surface area contributed by atoms with Crippen molar-refractivity contribution in [3.05, 3.63) is 63.6 Å². The number of nitrogens with one attached hydrogen (secondary N) is 1. The molecular formula is C21H24N2O5. The number of aliphatic hydroxyl groups is 1. The summed E-state index contributed by atoms with van der Waals surface area (Å²) in [6.45, 7) is 0.292. The number of hydrogen-bond donors (Lipinski definition) is 2. The minimum atomic E-state index is -0.529. The molecule has 7 heteroatoms. The number of aromatic nitrogens is 1. The molecule has 148 valence electrons. The maximum Gasteiger partial charge on any atom is 0.263 e. The largest absolute Gasteiger partial charge is 0.497 e. The SMILES string of the molecule is CNC(=O)c1cc(C(=O)C[C@@H]2C[C@H]2CO)cn(Cc2cccc(OC)c2)c1=O. The van der Waals surface area contributed by atoms with Gasteiger partial charge in [-0.05, 0) is 42.0 Å². The highest BCUT2D eigenvalue weighted by Crippen LogP contribution is 2.41. The van der Waals surface area contributed by atoms with Crippen molar-refractivity contribution in [3.63, 3.8) is 0 Å². The summed E-state index contributed by atoms with van der Waals surface area (Å²) in [6.07, 6.45) is 2.64. The van der Waals surface area contributed by atoms with Gasteiger partial charge in [-0.3, -0.25) is 14.4 Å². The second-order valence-corrected chi connectivity index (χ2v) is 7.07. The van der Waals surface area contributed by atoms with Gasteiger partial charge in [-0.15, -0.1) is 0 Å². The van der Waals surface area contributed by atoms with Gasteiger partial charge in [0.1, 0.15) is 11.3 Å². The summed E-state index contributed by atoms with van der Waals surface area (Å²) in [5.74, 6) is 0.335. The molecule has 0 aliphatic heterocycles. The molecule has 3 rings (SSSR count). The molecule has 1 aromatic heterocycles. The van der Waals surface area contributed by atoms with Crippen molar-refractivity contribution < 1.29 is 19.4 Å². The molecule has 2 aromatic rings. The molecular weight excluding hydrogens is 360 g/mol. The number of carbonyl (C=O) groups is 2. The first-order valence-electron chi connectivity index (χ1n) is 9.20. The number of Topliss-reactive ketones (excluding diaryl/α,β-unsaturated/α-hetero) is 1. The number of aliphatic hydroxyl groups excluding tert-OH is 1. The Bertz CT molecular complexity index is 950. The smallest absolute Gasteiger partial charge is 0.263 e. The second kappa shape index (κ2) is 8.39. The van der Waals surface area contributed by atoms with Crippen molar-refractivity contribution in [3.8, 4) is 5.75 Å². The maximum atomic E-state index is 12.8. The number of ketones is 1. The van der Waals surface area contributed by atoms with E-state index in [0.717, 1.165) is 12.0 Å². The zero-order valence-electron chi connectivity index (χ0n) is 16.0. The van der Waals surface area contributed by atoms with Crippen molar-refractivity contribution in [1.82, 2.24) is 9.88 Å². The van der Waals surface area contributed by atoms with E-state index in [0.29, 0.717) is 17.7 Å². The van der Waals surface area contributed by atoms with Crippen LogP contribution < -0.4 is 15.6 Å². The lowest BCUT2D eigenvalue weighted by Crippen LogP contribution is -2.32. The topological polar surface area (TPSA) is 97.6 Å². The second-order valence-electron chi connectivity index (χ2n) is 7.07. The number of ether oxygens (including phenoxy) is 1. The maximum absolute atomic E-state index is 12.8. The molecule has 1 aromatic carbocycles. The normalized spacial score (nSPS) is 17.8. The van der Waals surface area contributed by atoms with Gasteiger partial charge in [0.25, 0.3) is 11.5 Å². The Morgan fingerprint density at radius 3 is 2.71 bits per heavy atom.